The predicted molar refractivity (Wildman–Crippen MR) is 145 cm³/mol. The summed E-state index contributed by atoms with van der Waals surface area (Å²) in [6.07, 6.45) is 0.583. The summed E-state index contributed by atoms with van der Waals surface area (Å²) in [5.74, 6) is -0.515. The lowest BCUT2D eigenvalue weighted by Crippen LogP contribution is -2.32. The Morgan fingerprint density at radius 3 is 2.33 bits per heavy atom. The van der Waals surface area contributed by atoms with Gasteiger partial charge < -0.3 is 24.4 Å². The predicted octanol–water partition coefficient (Wildman–Crippen LogP) is 3.22. The van der Waals surface area contributed by atoms with Gasteiger partial charge in [0, 0.05) is 19.5 Å². The number of carbonyl (C=O) groups excluding carboxylic acids is 3. The van der Waals surface area contributed by atoms with Crippen LogP contribution in [0.15, 0.2) is 18.2 Å². The van der Waals surface area contributed by atoms with E-state index in [0.29, 0.717) is 42.4 Å². The van der Waals surface area contributed by atoms with E-state index >= 15 is 0 Å². The molecule has 0 saturated carbocycles. The number of nitrogens with one attached hydrogen (secondary N) is 1. The maximum Gasteiger partial charge on any atom is 0.330 e. The van der Waals surface area contributed by atoms with E-state index in [1.165, 1.54) is 28.1 Å². The number of esters is 1. The number of ketones is 1. The Morgan fingerprint density at radius 1 is 1.15 bits per heavy atom. The van der Waals surface area contributed by atoms with Crippen LogP contribution in [0.1, 0.15) is 69.8 Å². The van der Waals surface area contributed by atoms with Crippen molar-refractivity contribution in [2.45, 2.75) is 53.0 Å². The quantitative estimate of drug-likeness (QED) is 0.322. The number of benzene rings is 1. The van der Waals surface area contributed by atoms with Crippen LogP contribution in [0, 0.1) is 16.7 Å². The number of ether oxygens (including phenoxy) is 3. The van der Waals surface area contributed by atoms with E-state index in [1.54, 1.807) is 48.7 Å². The molecule has 1 N–H and O–H groups in total. The highest BCUT2D eigenvalue weighted by atomic mass is 16.7. The molecule has 1 saturated heterocycles. The molecule has 1 aliphatic rings. The number of nitrogens with zero attached hydrogens (tertiary/aromatic N) is 4. The third-order valence-corrected chi connectivity index (χ3v) is 6.43. The molecule has 0 radical (unpaired) electrons. The molecule has 12 nitrogen and oxygen atoms in total. The van der Waals surface area contributed by atoms with E-state index in [9.17, 15) is 19.6 Å². The Kier molecular flexibility index (Phi) is 9.76. The zero-order valence-electron chi connectivity index (χ0n) is 24.1. The summed E-state index contributed by atoms with van der Waals surface area (Å²) in [6.45, 7) is 9.19. The lowest BCUT2D eigenvalue weighted by molar-refractivity contribution is -0.195. The highest BCUT2D eigenvalue weighted by Gasteiger charge is 2.36. The molecule has 0 spiro atoms. The molecule has 1 unspecified atom stereocenters. The summed E-state index contributed by atoms with van der Waals surface area (Å²) in [5.41, 5.74) is 0.352. The Labute approximate surface area is 234 Å². The van der Waals surface area contributed by atoms with Gasteiger partial charge in [0.05, 0.1) is 50.4 Å². The second kappa shape index (κ2) is 12.8. The minimum Gasteiger partial charge on any atom is -0.497 e. The number of methoxy groups -OCH3 is 2. The number of rotatable bonds is 11. The Morgan fingerprint density at radius 2 is 1.80 bits per heavy atom. The first-order valence-electron chi connectivity index (χ1n) is 13.0. The number of aromatic nitrogens is 2. The van der Waals surface area contributed by atoms with Gasteiger partial charge in [-0.3, -0.25) is 9.59 Å². The highest BCUT2D eigenvalue weighted by molar-refractivity contribution is 5.88. The number of carbonyl (C=O) groups is 3. The molecule has 2 heterocycles. The van der Waals surface area contributed by atoms with Crippen molar-refractivity contribution in [3.63, 3.8) is 0 Å². The van der Waals surface area contributed by atoms with Gasteiger partial charge in [0.25, 0.3) is 0 Å². The van der Waals surface area contributed by atoms with Gasteiger partial charge in [0.2, 0.25) is 0 Å². The molecule has 1 aromatic heterocycles. The monoisotopic (exact) mass is 555 g/mol. The first-order valence-corrected chi connectivity index (χ1v) is 13.0. The van der Waals surface area contributed by atoms with E-state index in [0.717, 1.165) is 0 Å². The van der Waals surface area contributed by atoms with Gasteiger partial charge in [-0.05, 0) is 51.8 Å². The molecular formula is C28H37N5O7. The van der Waals surface area contributed by atoms with E-state index in [4.69, 9.17) is 24.1 Å². The molecule has 1 aromatic carbocycles. The van der Waals surface area contributed by atoms with Gasteiger partial charge in [-0.15, -0.1) is 5.06 Å². The number of Topliss-reactive ketones (excluding diaryl/α,β-unsaturated/α-hetero) is 1. The van der Waals surface area contributed by atoms with Crippen LogP contribution >= 0.6 is 0 Å². The van der Waals surface area contributed by atoms with E-state index in [1.807, 2.05) is 0 Å². The topological polar surface area (TPSA) is 145 Å². The summed E-state index contributed by atoms with van der Waals surface area (Å²) in [4.78, 5) is 42.4. The normalized spacial score (nSPS) is 16.1. The van der Waals surface area contributed by atoms with Crippen LogP contribution in [0.4, 0.5) is 5.82 Å². The highest BCUT2D eigenvalue weighted by Crippen LogP contribution is 2.37. The Hall–Kier alpha value is -4.11. The van der Waals surface area contributed by atoms with Crippen LogP contribution < -0.4 is 14.8 Å². The first kappa shape index (κ1) is 30.4. The second-order valence-electron chi connectivity index (χ2n) is 10.6. The fourth-order valence-corrected chi connectivity index (χ4v) is 4.39. The fraction of sp³-hybridized carbons (Fsp3) is 0.536. The number of nitriles is 1. The van der Waals surface area contributed by atoms with Crippen LogP contribution in [0.3, 0.4) is 0 Å². The molecule has 216 valence electrons. The first-order chi connectivity index (χ1) is 18.9. The number of hydrogen-bond acceptors (Lipinski definition) is 11. The largest absolute Gasteiger partial charge is 0.497 e. The van der Waals surface area contributed by atoms with Gasteiger partial charge in [-0.25, -0.2) is 9.48 Å². The zero-order chi connectivity index (χ0) is 29.6. The van der Waals surface area contributed by atoms with Crippen molar-refractivity contribution in [3.05, 3.63) is 35.0 Å². The Balaban J connectivity index is 2.05. The molecule has 40 heavy (non-hydrogen) atoms. The smallest absolute Gasteiger partial charge is 0.330 e. The molecule has 0 amide bonds. The van der Waals surface area contributed by atoms with Gasteiger partial charge in [-0.2, -0.15) is 10.4 Å². The molecule has 0 bridgehead atoms. The van der Waals surface area contributed by atoms with Crippen LogP contribution in [0.5, 0.6) is 11.5 Å². The van der Waals surface area contributed by atoms with Crippen molar-refractivity contribution < 1.29 is 33.4 Å². The van der Waals surface area contributed by atoms with Crippen molar-refractivity contribution in [3.8, 4) is 17.6 Å². The second-order valence-corrected chi connectivity index (χ2v) is 10.6. The number of hydroxylamine groups is 2. The summed E-state index contributed by atoms with van der Waals surface area (Å²) in [5, 5.41) is 19.8. The fourth-order valence-electron chi connectivity index (χ4n) is 4.39. The van der Waals surface area contributed by atoms with Crippen molar-refractivity contribution in [1.82, 2.24) is 14.8 Å². The van der Waals surface area contributed by atoms with E-state index in [2.05, 4.69) is 11.4 Å². The van der Waals surface area contributed by atoms with Crippen LogP contribution in [-0.2, 0) is 24.0 Å². The maximum absolute atomic E-state index is 13.1. The van der Waals surface area contributed by atoms with Crippen LogP contribution in [0.2, 0.25) is 0 Å². The van der Waals surface area contributed by atoms with Crippen molar-refractivity contribution in [2.75, 3.05) is 45.8 Å². The van der Waals surface area contributed by atoms with Crippen molar-refractivity contribution >= 4 is 23.5 Å². The minimum absolute atomic E-state index is 0.0733. The number of anilines is 1. The van der Waals surface area contributed by atoms with Gasteiger partial charge in [0.15, 0.2) is 0 Å². The zero-order valence-corrected chi connectivity index (χ0v) is 24.1. The summed E-state index contributed by atoms with van der Waals surface area (Å²) in [6, 6.07) is 7.07. The van der Waals surface area contributed by atoms with Gasteiger partial charge >= 0.3 is 11.9 Å². The Bertz CT molecular complexity index is 1270. The van der Waals surface area contributed by atoms with Gasteiger partial charge in [0.1, 0.15) is 41.3 Å². The molecule has 2 aromatic rings. The number of hydrogen-bond donors (Lipinski definition) is 1. The van der Waals surface area contributed by atoms with Crippen molar-refractivity contribution in [2.24, 2.45) is 5.41 Å². The minimum atomic E-state index is -0.884. The summed E-state index contributed by atoms with van der Waals surface area (Å²) >= 11 is 0. The summed E-state index contributed by atoms with van der Waals surface area (Å²) in [7, 11) is 3.03. The maximum atomic E-state index is 13.1. The molecule has 1 fully saturated rings. The third kappa shape index (κ3) is 7.09. The molecule has 2 atom stereocenters. The average molecular weight is 556 g/mol. The molecule has 1 aliphatic heterocycles. The van der Waals surface area contributed by atoms with E-state index in [-0.39, 0.29) is 42.2 Å². The van der Waals surface area contributed by atoms with Crippen LogP contribution in [-0.4, -0.2) is 73.0 Å². The SMILES string of the molecule is COc1cc(OC)cc(C(C(C)=O)c2nn([C@H]3CCN(OC(=O)C(C)(C)C)C3)c(NCCOC(C)=O)c2C#N)c1. The summed E-state index contributed by atoms with van der Waals surface area (Å²) < 4.78 is 17.5. The van der Waals surface area contributed by atoms with Crippen molar-refractivity contribution in [1.29, 1.82) is 5.26 Å². The van der Waals surface area contributed by atoms with Gasteiger partial charge in [-0.1, -0.05) is 0 Å². The van der Waals surface area contributed by atoms with Crippen LogP contribution in [0.25, 0.3) is 0 Å². The molecule has 0 aliphatic carbocycles. The third-order valence-electron chi connectivity index (χ3n) is 6.43. The molecule has 3 rings (SSSR count). The average Bonchev–Trinajstić information content (AvgIpc) is 3.49. The standard InChI is InChI=1S/C28H37N5O7/c1-17(34)24(19-12-21(37-6)14-22(13-19)38-7)25-23(15-29)26(30-9-11-39-18(2)35)33(31-25)20-8-10-32(16-20)40-27(36)28(3,4)5/h12-14,20,24,30H,8-11,16H2,1-7H3/t20-,24?/m0/s1. The van der Waals surface area contributed by atoms with E-state index < -0.39 is 17.3 Å². The lowest BCUT2D eigenvalue weighted by atomic mass is 9.89. The lowest BCUT2D eigenvalue weighted by Gasteiger charge is -2.22. The molecular weight excluding hydrogens is 518 g/mol. The molecule has 12 heteroatoms.